The molecule has 0 bridgehead atoms. The van der Waals surface area contributed by atoms with Gasteiger partial charge in [0.1, 0.15) is 5.76 Å². The van der Waals surface area contributed by atoms with E-state index in [4.69, 9.17) is 9.41 Å². The molecular weight excluding hydrogens is 531 g/mol. The maximum Gasteiger partial charge on any atom is 0.225 e. The number of aliphatic imine (C=N–C) groups is 1. The van der Waals surface area contributed by atoms with Crippen molar-refractivity contribution in [3.8, 4) is 0 Å². The molecule has 0 amide bonds. The minimum absolute atomic E-state index is 0. The first-order valence-corrected chi connectivity index (χ1v) is 11.9. The molecule has 2 aromatic rings. The molecule has 2 N–H and O–H groups in total. The summed E-state index contributed by atoms with van der Waals surface area (Å²) in [4.78, 5) is 20.8. The Balaban J connectivity index is 0.00000306. The number of hydrogen-bond acceptors (Lipinski definition) is 7. The first-order valence-electron chi connectivity index (χ1n) is 11.9. The molecule has 0 aromatic carbocycles. The van der Waals surface area contributed by atoms with Crippen LogP contribution in [0.5, 0.6) is 0 Å². The van der Waals surface area contributed by atoms with Gasteiger partial charge in [-0.2, -0.15) is 0 Å². The highest BCUT2D eigenvalue weighted by atomic mass is 127. The fourth-order valence-corrected chi connectivity index (χ4v) is 4.40. The average Bonchev–Trinajstić information content (AvgIpc) is 3.56. The molecule has 33 heavy (non-hydrogen) atoms. The molecule has 10 heteroatoms. The molecule has 0 radical (unpaired) electrons. The van der Waals surface area contributed by atoms with E-state index in [2.05, 4.69) is 48.3 Å². The lowest BCUT2D eigenvalue weighted by molar-refractivity contribution is 0.221. The topological polar surface area (TPSA) is 85.1 Å². The Morgan fingerprint density at radius 3 is 2.48 bits per heavy atom. The highest BCUT2D eigenvalue weighted by Gasteiger charge is 2.25. The molecule has 2 aliphatic rings. The number of likely N-dealkylation sites (tertiary alicyclic amines) is 1. The summed E-state index contributed by atoms with van der Waals surface area (Å²) in [6, 6.07) is 6.10. The van der Waals surface area contributed by atoms with E-state index in [1.165, 1.54) is 12.8 Å². The molecule has 0 spiro atoms. The second kappa shape index (κ2) is 13.7. The number of furan rings is 1. The van der Waals surface area contributed by atoms with Crippen molar-refractivity contribution in [2.45, 2.75) is 25.8 Å². The van der Waals surface area contributed by atoms with Crippen LogP contribution in [-0.4, -0.2) is 91.2 Å². The molecule has 4 heterocycles. The van der Waals surface area contributed by atoms with Crippen LogP contribution in [0.25, 0.3) is 0 Å². The first kappa shape index (κ1) is 25.7. The van der Waals surface area contributed by atoms with Crippen LogP contribution < -0.4 is 15.5 Å². The van der Waals surface area contributed by atoms with Gasteiger partial charge in [-0.3, -0.25) is 14.8 Å². The van der Waals surface area contributed by atoms with Gasteiger partial charge >= 0.3 is 0 Å². The van der Waals surface area contributed by atoms with E-state index in [0.717, 1.165) is 76.6 Å². The van der Waals surface area contributed by atoms with Gasteiger partial charge in [0, 0.05) is 58.2 Å². The van der Waals surface area contributed by atoms with Crippen LogP contribution in [-0.2, 0) is 0 Å². The zero-order valence-corrected chi connectivity index (χ0v) is 21.9. The van der Waals surface area contributed by atoms with Gasteiger partial charge in [0.15, 0.2) is 5.96 Å². The molecule has 0 aliphatic carbocycles. The molecule has 2 aliphatic heterocycles. The lowest BCUT2D eigenvalue weighted by Crippen LogP contribution is -2.49. The van der Waals surface area contributed by atoms with Gasteiger partial charge in [0.05, 0.1) is 18.8 Å². The van der Waals surface area contributed by atoms with E-state index in [9.17, 15) is 0 Å². The van der Waals surface area contributed by atoms with Crippen molar-refractivity contribution in [2.24, 2.45) is 4.99 Å². The van der Waals surface area contributed by atoms with E-state index in [-0.39, 0.29) is 30.0 Å². The zero-order valence-electron chi connectivity index (χ0n) is 19.5. The molecule has 2 saturated heterocycles. The summed E-state index contributed by atoms with van der Waals surface area (Å²) >= 11 is 0. The van der Waals surface area contributed by atoms with Crippen molar-refractivity contribution in [1.82, 2.24) is 30.4 Å². The quantitative estimate of drug-likeness (QED) is 0.271. The third kappa shape index (κ3) is 7.54. The monoisotopic (exact) mass is 568 g/mol. The smallest absolute Gasteiger partial charge is 0.225 e. The van der Waals surface area contributed by atoms with Gasteiger partial charge in [0.2, 0.25) is 5.95 Å². The van der Waals surface area contributed by atoms with Crippen molar-refractivity contribution >= 4 is 35.9 Å². The number of nitrogens with one attached hydrogen (secondary N) is 2. The number of anilines is 1. The third-order valence-corrected chi connectivity index (χ3v) is 6.15. The second-order valence-electron chi connectivity index (χ2n) is 8.30. The number of guanidine groups is 1. The fraction of sp³-hybridized carbons (Fsp3) is 0.609. The number of rotatable bonds is 9. The maximum atomic E-state index is 5.73. The van der Waals surface area contributed by atoms with Crippen LogP contribution in [0, 0.1) is 0 Å². The lowest BCUT2D eigenvalue weighted by atomic mass is 10.2. The standard InChI is InChI=1S/C23H36N8O.HI/c1-2-24-22(28-19-20(21-7-5-18-32-21)30-11-3-4-12-30)25-10-13-29-14-16-31(17-15-29)23-26-8-6-9-27-23;/h5-9,18,20H,2-4,10-17,19H2,1H3,(H2,24,25,28);1H. The predicted molar refractivity (Wildman–Crippen MR) is 142 cm³/mol. The Bertz CT molecular complexity index is 805. The van der Waals surface area contributed by atoms with Crippen LogP contribution in [0.3, 0.4) is 0 Å². The molecule has 182 valence electrons. The summed E-state index contributed by atoms with van der Waals surface area (Å²) in [5.74, 6) is 2.71. The number of piperazine rings is 1. The number of nitrogens with zero attached hydrogens (tertiary/aromatic N) is 6. The number of halogens is 1. The molecule has 9 nitrogen and oxygen atoms in total. The molecule has 0 saturated carbocycles. The molecule has 1 unspecified atom stereocenters. The Kier molecular flexibility index (Phi) is 10.7. The van der Waals surface area contributed by atoms with Crippen molar-refractivity contribution in [3.63, 3.8) is 0 Å². The largest absolute Gasteiger partial charge is 0.468 e. The highest BCUT2D eigenvalue weighted by Crippen LogP contribution is 2.25. The Morgan fingerprint density at radius 2 is 1.82 bits per heavy atom. The number of aromatic nitrogens is 2. The molecule has 2 aromatic heterocycles. The van der Waals surface area contributed by atoms with Crippen LogP contribution in [0.2, 0.25) is 0 Å². The Hall–Kier alpha value is -1.92. The summed E-state index contributed by atoms with van der Waals surface area (Å²) in [5.41, 5.74) is 0. The van der Waals surface area contributed by atoms with Gasteiger partial charge in [-0.05, 0) is 51.1 Å². The Labute approximate surface area is 214 Å². The minimum atomic E-state index is 0. The SMILES string of the molecule is CCNC(=NCC(c1ccco1)N1CCCC1)NCCN1CCN(c2ncccn2)CC1.I. The van der Waals surface area contributed by atoms with Crippen LogP contribution in [0.4, 0.5) is 5.95 Å². The zero-order chi connectivity index (χ0) is 22.0. The maximum absolute atomic E-state index is 5.73. The summed E-state index contributed by atoms with van der Waals surface area (Å²) in [6.07, 6.45) is 7.88. The predicted octanol–water partition coefficient (Wildman–Crippen LogP) is 2.20. The van der Waals surface area contributed by atoms with Gasteiger partial charge in [-0.25, -0.2) is 9.97 Å². The molecule has 4 rings (SSSR count). The first-order chi connectivity index (χ1) is 15.8. The third-order valence-electron chi connectivity index (χ3n) is 6.15. The van der Waals surface area contributed by atoms with Crippen LogP contribution in [0.15, 0.2) is 46.3 Å². The molecule has 2 fully saturated rings. The summed E-state index contributed by atoms with van der Waals surface area (Å²) in [7, 11) is 0. The van der Waals surface area contributed by atoms with Gasteiger partial charge in [-0.1, -0.05) is 0 Å². The van der Waals surface area contributed by atoms with Gasteiger partial charge in [-0.15, -0.1) is 24.0 Å². The Morgan fingerprint density at radius 1 is 1.06 bits per heavy atom. The highest BCUT2D eigenvalue weighted by molar-refractivity contribution is 14.0. The van der Waals surface area contributed by atoms with E-state index < -0.39 is 0 Å². The van der Waals surface area contributed by atoms with E-state index >= 15 is 0 Å². The average molecular weight is 569 g/mol. The summed E-state index contributed by atoms with van der Waals surface area (Å²) < 4.78 is 5.73. The molecule has 1 atom stereocenters. The van der Waals surface area contributed by atoms with Crippen molar-refractivity contribution in [1.29, 1.82) is 0 Å². The lowest BCUT2D eigenvalue weighted by Gasteiger charge is -2.34. The van der Waals surface area contributed by atoms with Crippen molar-refractivity contribution in [2.75, 3.05) is 70.3 Å². The van der Waals surface area contributed by atoms with E-state index in [1.807, 2.05) is 12.1 Å². The van der Waals surface area contributed by atoms with Crippen LogP contribution in [0.1, 0.15) is 31.6 Å². The molecular formula is C23H37IN8O. The summed E-state index contributed by atoms with van der Waals surface area (Å²) in [5, 5.41) is 6.90. The normalized spacial score (nSPS) is 18.7. The van der Waals surface area contributed by atoms with Gasteiger partial charge in [0.25, 0.3) is 0 Å². The fourth-order valence-electron chi connectivity index (χ4n) is 4.40. The van der Waals surface area contributed by atoms with E-state index in [0.29, 0.717) is 6.54 Å². The van der Waals surface area contributed by atoms with Crippen molar-refractivity contribution in [3.05, 3.63) is 42.6 Å². The second-order valence-corrected chi connectivity index (χ2v) is 8.30. The minimum Gasteiger partial charge on any atom is -0.468 e. The van der Waals surface area contributed by atoms with E-state index in [1.54, 1.807) is 18.7 Å². The van der Waals surface area contributed by atoms with Crippen LogP contribution >= 0.6 is 24.0 Å². The summed E-state index contributed by atoms with van der Waals surface area (Å²) in [6.45, 7) is 11.7. The van der Waals surface area contributed by atoms with Crippen molar-refractivity contribution < 1.29 is 4.42 Å². The number of hydrogen-bond donors (Lipinski definition) is 2. The van der Waals surface area contributed by atoms with Gasteiger partial charge < -0.3 is 20.0 Å².